The Hall–Kier alpha value is -2.52. The van der Waals surface area contributed by atoms with Crippen LogP contribution >= 0.6 is 0 Å². The third-order valence-corrected chi connectivity index (χ3v) is 9.67. The molecule has 3 aliphatic heterocycles. The van der Waals surface area contributed by atoms with E-state index in [1.807, 2.05) is 24.0 Å². The second kappa shape index (κ2) is 11.7. The smallest absolute Gasteiger partial charge is 0.272 e. The van der Waals surface area contributed by atoms with Crippen LogP contribution in [0.2, 0.25) is 0 Å². The fourth-order valence-electron chi connectivity index (χ4n) is 6.37. The van der Waals surface area contributed by atoms with Crippen molar-refractivity contribution in [2.75, 3.05) is 44.8 Å². The maximum atomic E-state index is 13.4. The van der Waals surface area contributed by atoms with Crippen molar-refractivity contribution in [2.24, 2.45) is 11.8 Å². The van der Waals surface area contributed by atoms with Gasteiger partial charge in [0, 0.05) is 36.6 Å². The van der Waals surface area contributed by atoms with Crippen LogP contribution in [0, 0.1) is 18.8 Å². The van der Waals surface area contributed by atoms with Gasteiger partial charge in [-0.3, -0.25) is 4.79 Å². The van der Waals surface area contributed by atoms with Gasteiger partial charge in [-0.15, -0.1) is 0 Å². The average Bonchev–Trinajstić information content (AvgIpc) is 2.92. The topological polar surface area (TPSA) is 92.7 Å². The van der Waals surface area contributed by atoms with E-state index in [0.29, 0.717) is 23.4 Å². The monoisotopic (exact) mass is 540 g/mol. The first-order valence-electron chi connectivity index (χ1n) is 14.0. The minimum absolute atomic E-state index is 0.00591. The second-order valence-corrected chi connectivity index (χ2v) is 13.6. The lowest BCUT2D eigenvalue weighted by atomic mass is 9.91. The molecule has 5 rings (SSSR count). The molecular weight excluding hydrogens is 500 g/mol. The Morgan fingerprint density at radius 1 is 1.03 bits per heavy atom. The van der Waals surface area contributed by atoms with Crippen LogP contribution in [0.25, 0.3) is 0 Å². The molecule has 1 amide bonds. The van der Waals surface area contributed by atoms with Crippen LogP contribution < -0.4 is 4.74 Å². The van der Waals surface area contributed by atoms with Crippen LogP contribution in [0.15, 0.2) is 30.6 Å². The molecular formula is C29H40N4O4S. The third kappa shape index (κ3) is 6.54. The van der Waals surface area contributed by atoms with Crippen LogP contribution in [0.5, 0.6) is 5.75 Å². The van der Waals surface area contributed by atoms with Gasteiger partial charge in [0.15, 0.2) is 0 Å². The number of piperidine rings is 2. The van der Waals surface area contributed by atoms with Gasteiger partial charge in [-0.1, -0.05) is 18.2 Å². The molecule has 38 heavy (non-hydrogen) atoms. The maximum Gasteiger partial charge on any atom is 0.272 e. The number of fused-ring (bicyclic) bond motifs is 1. The highest BCUT2D eigenvalue weighted by Gasteiger charge is 2.32. The van der Waals surface area contributed by atoms with E-state index in [2.05, 4.69) is 27.0 Å². The Kier molecular flexibility index (Phi) is 8.33. The van der Waals surface area contributed by atoms with Crippen molar-refractivity contribution in [3.8, 4) is 5.75 Å². The van der Waals surface area contributed by atoms with E-state index in [-0.39, 0.29) is 11.8 Å². The van der Waals surface area contributed by atoms with E-state index < -0.39 is 9.84 Å². The van der Waals surface area contributed by atoms with Crippen molar-refractivity contribution in [1.82, 2.24) is 19.8 Å². The number of aryl methyl sites for hydroxylation is 1. The SMILES string of the molecule is Cc1c(CCC2COc3ccccc3C2)ncnc1C(=O)N1CCC(N2CCC(CS(C)(=O)=O)CC2)CC1. The predicted octanol–water partition coefficient (Wildman–Crippen LogP) is 3.33. The van der Waals surface area contributed by atoms with Crippen molar-refractivity contribution in [3.05, 3.63) is 53.1 Å². The summed E-state index contributed by atoms with van der Waals surface area (Å²) in [6.45, 7) is 6.05. The summed E-state index contributed by atoms with van der Waals surface area (Å²) in [7, 11) is -2.92. The van der Waals surface area contributed by atoms with Crippen molar-refractivity contribution in [1.29, 1.82) is 0 Å². The summed E-state index contributed by atoms with van der Waals surface area (Å²) in [6.07, 6.45) is 9.42. The first-order chi connectivity index (χ1) is 18.3. The van der Waals surface area contributed by atoms with Gasteiger partial charge in [0.1, 0.15) is 27.6 Å². The van der Waals surface area contributed by atoms with Crippen LogP contribution in [0.4, 0.5) is 0 Å². The van der Waals surface area contributed by atoms with E-state index in [9.17, 15) is 13.2 Å². The molecule has 0 saturated carbocycles. The summed E-state index contributed by atoms with van der Waals surface area (Å²) < 4.78 is 29.2. The zero-order valence-corrected chi connectivity index (χ0v) is 23.5. The molecule has 8 nitrogen and oxygen atoms in total. The summed E-state index contributed by atoms with van der Waals surface area (Å²) in [4.78, 5) is 26.8. The molecule has 4 heterocycles. The van der Waals surface area contributed by atoms with Crippen molar-refractivity contribution >= 4 is 15.7 Å². The molecule has 0 N–H and O–H groups in total. The molecule has 2 fully saturated rings. The van der Waals surface area contributed by atoms with Crippen molar-refractivity contribution in [2.45, 2.75) is 57.9 Å². The first kappa shape index (κ1) is 27.1. The summed E-state index contributed by atoms with van der Waals surface area (Å²) in [5.41, 5.74) is 3.64. The number of sulfone groups is 1. The quantitative estimate of drug-likeness (QED) is 0.532. The lowest BCUT2D eigenvalue weighted by Crippen LogP contribution is -2.49. The van der Waals surface area contributed by atoms with E-state index in [1.165, 1.54) is 18.1 Å². The molecule has 9 heteroatoms. The number of nitrogens with zero attached hydrogens (tertiary/aromatic N) is 4. The number of likely N-dealkylation sites (tertiary alicyclic amines) is 2. The number of hydrogen-bond donors (Lipinski definition) is 0. The Morgan fingerprint density at radius 3 is 2.50 bits per heavy atom. The Morgan fingerprint density at radius 2 is 1.76 bits per heavy atom. The van der Waals surface area contributed by atoms with Gasteiger partial charge in [0.2, 0.25) is 0 Å². The van der Waals surface area contributed by atoms with Gasteiger partial charge in [-0.05, 0) is 88.4 Å². The minimum Gasteiger partial charge on any atom is -0.493 e. The highest BCUT2D eigenvalue weighted by atomic mass is 32.2. The molecule has 2 saturated heterocycles. The molecule has 0 bridgehead atoms. The molecule has 206 valence electrons. The van der Waals surface area contributed by atoms with Crippen LogP contribution in [0.1, 0.15) is 59.4 Å². The number of hydrogen-bond acceptors (Lipinski definition) is 7. The highest BCUT2D eigenvalue weighted by Crippen LogP contribution is 2.29. The number of ether oxygens (including phenoxy) is 1. The minimum atomic E-state index is -2.92. The molecule has 1 unspecified atom stereocenters. The van der Waals surface area contributed by atoms with Gasteiger partial charge in [0.05, 0.1) is 12.4 Å². The maximum absolute atomic E-state index is 13.4. The van der Waals surface area contributed by atoms with Crippen LogP contribution in [-0.4, -0.2) is 84.9 Å². The summed E-state index contributed by atoms with van der Waals surface area (Å²) >= 11 is 0. The number of benzene rings is 1. The standard InChI is InChI=1S/C29H40N4O4S/c1-21-26(8-7-23-17-24-5-3-4-6-27(24)37-18-23)30-20-31-28(21)29(34)33-15-11-25(12-16-33)32-13-9-22(10-14-32)19-38(2,35)36/h3-6,20,22-23,25H,7-19H2,1-2H3. The van der Waals surface area contributed by atoms with Gasteiger partial charge in [0.25, 0.3) is 5.91 Å². The van der Waals surface area contributed by atoms with Crippen molar-refractivity contribution in [3.63, 3.8) is 0 Å². The van der Waals surface area contributed by atoms with Gasteiger partial charge in [-0.2, -0.15) is 0 Å². The van der Waals surface area contributed by atoms with Gasteiger partial charge < -0.3 is 14.5 Å². The second-order valence-electron chi connectivity index (χ2n) is 11.4. The van der Waals surface area contributed by atoms with Gasteiger partial charge in [-0.25, -0.2) is 18.4 Å². The molecule has 1 aromatic carbocycles. The lowest BCUT2D eigenvalue weighted by molar-refractivity contribution is 0.0555. The Bertz CT molecular complexity index is 1230. The fourth-order valence-corrected chi connectivity index (χ4v) is 7.56. The number of amides is 1. The average molecular weight is 541 g/mol. The first-order valence-corrected chi connectivity index (χ1v) is 16.0. The highest BCUT2D eigenvalue weighted by molar-refractivity contribution is 7.90. The van der Waals surface area contributed by atoms with Crippen LogP contribution in [0.3, 0.4) is 0 Å². The van der Waals surface area contributed by atoms with E-state index in [0.717, 1.165) is 94.7 Å². The number of carbonyl (C=O) groups is 1. The largest absolute Gasteiger partial charge is 0.493 e. The van der Waals surface area contributed by atoms with Crippen molar-refractivity contribution < 1.29 is 17.9 Å². The molecule has 1 atom stereocenters. The third-order valence-electron chi connectivity index (χ3n) is 8.59. The molecule has 0 radical (unpaired) electrons. The lowest BCUT2D eigenvalue weighted by Gasteiger charge is -2.41. The fraction of sp³-hybridized carbons (Fsp3) is 0.621. The Balaban J connectivity index is 1.12. The molecule has 1 aromatic heterocycles. The summed E-state index contributed by atoms with van der Waals surface area (Å²) in [5, 5.41) is 0. The summed E-state index contributed by atoms with van der Waals surface area (Å²) in [6, 6.07) is 8.70. The zero-order valence-electron chi connectivity index (χ0n) is 22.6. The number of aromatic nitrogens is 2. The number of carbonyl (C=O) groups excluding carboxylic acids is 1. The molecule has 2 aromatic rings. The zero-order chi connectivity index (χ0) is 26.7. The Labute approximate surface area is 226 Å². The van der Waals surface area contributed by atoms with Crippen LogP contribution in [-0.2, 0) is 22.7 Å². The molecule has 3 aliphatic rings. The normalized spacial score (nSPS) is 21.6. The predicted molar refractivity (Wildman–Crippen MR) is 147 cm³/mol. The van der Waals surface area contributed by atoms with E-state index >= 15 is 0 Å². The number of para-hydroxylation sites is 1. The molecule has 0 spiro atoms. The van der Waals surface area contributed by atoms with E-state index in [1.54, 1.807) is 0 Å². The van der Waals surface area contributed by atoms with E-state index in [4.69, 9.17) is 4.74 Å². The number of rotatable bonds is 7. The van der Waals surface area contributed by atoms with Gasteiger partial charge >= 0.3 is 0 Å². The molecule has 0 aliphatic carbocycles. The summed E-state index contributed by atoms with van der Waals surface area (Å²) in [5.74, 6) is 2.02.